The molecule has 2 N–H and O–H groups in total. The van der Waals surface area contributed by atoms with Gasteiger partial charge in [-0.05, 0) is 47.8 Å². The lowest BCUT2D eigenvalue weighted by atomic mass is 10.2. The van der Waals surface area contributed by atoms with Crippen molar-refractivity contribution in [3.63, 3.8) is 0 Å². The quantitative estimate of drug-likeness (QED) is 0.303. The Balaban J connectivity index is 1.53. The summed E-state index contributed by atoms with van der Waals surface area (Å²) in [5, 5.41) is 4.95. The van der Waals surface area contributed by atoms with Crippen LogP contribution in [0.25, 0.3) is 11.0 Å². The summed E-state index contributed by atoms with van der Waals surface area (Å²) in [6, 6.07) is 16.0. The number of fused-ring (bicyclic) bond motifs is 1. The van der Waals surface area contributed by atoms with Crippen LogP contribution in [0.4, 0.5) is 0 Å². The number of benzene rings is 2. The zero-order valence-corrected chi connectivity index (χ0v) is 15.7. The molecule has 128 valence electrons. The van der Waals surface area contributed by atoms with Crippen molar-refractivity contribution in [1.82, 2.24) is 10.4 Å². The molecule has 0 saturated carbocycles. The van der Waals surface area contributed by atoms with Gasteiger partial charge in [-0.2, -0.15) is 5.10 Å². The van der Waals surface area contributed by atoms with Gasteiger partial charge in [0.1, 0.15) is 0 Å². The molecule has 5 nitrogen and oxygen atoms in total. The van der Waals surface area contributed by atoms with Gasteiger partial charge in [-0.3, -0.25) is 4.79 Å². The van der Waals surface area contributed by atoms with Gasteiger partial charge in [0.2, 0.25) is 0 Å². The van der Waals surface area contributed by atoms with E-state index >= 15 is 0 Å². The highest BCUT2D eigenvalue weighted by Gasteiger charge is 2.16. The maximum Gasteiger partial charge on any atom is 0.317 e. The summed E-state index contributed by atoms with van der Waals surface area (Å²) in [4.78, 5) is 16.5. The summed E-state index contributed by atoms with van der Waals surface area (Å²) in [6.45, 7) is 0. The number of carbonyl (C=O) groups excluding carboxylic acids is 1. The Morgan fingerprint density at radius 1 is 1.24 bits per heavy atom. The third-order valence-corrected chi connectivity index (χ3v) is 5.47. The van der Waals surface area contributed by atoms with Crippen LogP contribution in [-0.2, 0) is 11.8 Å². The van der Waals surface area contributed by atoms with E-state index in [1.54, 1.807) is 18.0 Å². The van der Waals surface area contributed by atoms with Crippen LogP contribution in [-0.4, -0.2) is 29.1 Å². The van der Waals surface area contributed by atoms with Crippen LogP contribution in [0.3, 0.4) is 0 Å². The Labute approximate surface area is 154 Å². The third kappa shape index (κ3) is 4.43. The summed E-state index contributed by atoms with van der Waals surface area (Å²) in [5.41, 5.74) is 5.68. The molecule has 0 aliphatic rings. The van der Waals surface area contributed by atoms with Gasteiger partial charge in [-0.1, -0.05) is 24.3 Å². The van der Waals surface area contributed by atoms with E-state index in [9.17, 15) is 4.79 Å². The van der Waals surface area contributed by atoms with E-state index in [4.69, 9.17) is 0 Å². The number of amides is 1. The number of aromatic nitrogens is 2. The van der Waals surface area contributed by atoms with E-state index in [1.807, 2.05) is 66.4 Å². The molecular formula is C18H19N4OS2+. The van der Waals surface area contributed by atoms with Gasteiger partial charge in [0.05, 0.1) is 19.0 Å². The van der Waals surface area contributed by atoms with Crippen LogP contribution in [0.2, 0.25) is 0 Å². The fraction of sp³-hybridized carbons (Fsp3) is 0.167. The van der Waals surface area contributed by atoms with Gasteiger partial charge in [0.15, 0.2) is 11.0 Å². The first-order valence-corrected chi connectivity index (χ1v) is 9.94. The molecule has 0 aliphatic heterocycles. The predicted octanol–water partition coefficient (Wildman–Crippen LogP) is 2.96. The number of thioether (sulfide) groups is 2. The van der Waals surface area contributed by atoms with Crippen LogP contribution in [0.1, 0.15) is 5.56 Å². The highest BCUT2D eigenvalue weighted by atomic mass is 32.2. The monoisotopic (exact) mass is 371 g/mol. The largest absolute Gasteiger partial charge is 0.317 e. The van der Waals surface area contributed by atoms with Crippen molar-refractivity contribution in [2.45, 2.75) is 10.1 Å². The van der Waals surface area contributed by atoms with Crippen molar-refractivity contribution >= 4 is 46.7 Å². The Morgan fingerprint density at radius 2 is 2.00 bits per heavy atom. The smallest absolute Gasteiger partial charge is 0.272 e. The molecule has 1 aromatic heterocycles. The van der Waals surface area contributed by atoms with Crippen molar-refractivity contribution in [2.24, 2.45) is 12.1 Å². The minimum Gasteiger partial charge on any atom is -0.272 e. The Hall–Kier alpha value is -2.25. The van der Waals surface area contributed by atoms with Crippen LogP contribution in [0.5, 0.6) is 0 Å². The zero-order chi connectivity index (χ0) is 17.6. The number of H-pyrrole nitrogens is 1. The number of rotatable bonds is 6. The maximum absolute atomic E-state index is 12.0. The van der Waals surface area contributed by atoms with Gasteiger partial charge < -0.3 is 0 Å². The third-order valence-electron chi connectivity index (χ3n) is 3.67. The number of hydrazone groups is 1. The van der Waals surface area contributed by atoms with Crippen LogP contribution in [0, 0.1) is 0 Å². The Kier molecular flexibility index (Phi) is 5.78. The van der Waals surface area contributed by atoms with Gasteiger partial charge in [-0.15, -0.1) is 11.8 Å². The second-order valence-corrected chi connectivity index (χ2v) is 7.21. The molecule has 1 heterocycles. The van der Waals surface area contributed by atoms with E-state index in [0.717, 1.165) is 21.8 Å². The fourth-order valence-corrected chi connectivity index (χ4v) is 3.56. The van der Waals surface area contributed by atoms with E-state index in [0.29, 0.717) is 5.75 Å². The standard InChI is InChI=1S/C18H18N4OS2/c1-22-16-6-4-3-5-15(16)20-18(22)25-12-17(23)21-19-11-13-7-9-14(24-2)10-8-13/h3-11H,12H2,1-2H3,(H,21,23)/p+1. The minimum atomic E-state index is -0.138. The van der Waals surface area contributed by atoms with Crippen molar-refractivity contribution < 1.29 is 9.36 Å². The van der Waals surface area contributed by atoms with E-state index in [2.05, 4.69) is 15.5 Å². The first-order chi connectivity index (χ1) is 12.2. The number of hydrogen-bond acceptors (Lipinski definition) is 4. The van der Waals surface area contributed by atoms with Crippen molar-refractivity contribution in [3.05, 3.63) is 54.1 Å². The van der Waals surface area contributed by atoms with Crippen molar-refractivity contribution in [2.75, 3.05) is 12.0 Å². The molecule has 0 radical (unpaired) electrons. The number of imidazole rings is 1. The number of nitrogens with zero attached hydrogens (tertiary/aromatic N) is 2. The second-order valence-electron chi connectivity index (χ2n) is 5.36. The summed E-state index contributed by atoms with van der Waals surface area (Å²) >= 11 is 3.14. The first-order valence-electron chi connectivity index (χ1n) is 7.73. The molecule has 0 fully saturated rings. The van der Waals surface area contributed by atoms with Gasteiger partial charge >= 0.3 is 5.16 Å². The topological polar surface area (TPSA) is 61.1 Å². The summed E-state index contributed by atoms with van der Waals surface area (Å²) in [6.07, 6.45) is 3.68. The molecule has 0 spiro atoms. The van der Waals surface area contributed by atoms with E-state index in [-0.39, 0.29) is 5.91 Å². The molecule has 3 aromatic rings. The number of para-hydroxylation sites is 2. The highest BCUT2D eigenvalue weighted by Crippen LogP contribution is 2.16. The van der Waals surface area contributed by atoms with Crippen molar-refractivity contribution in [1.29, 1.82) is 0 Å². The Bertz CT molecular complexity index is 903. The average Bonchev–Trinajstić information content (AvgIpc) is 2.97. The molecule has 25 heavy (non-hydrogen) atoms. The molecule has 1 amide bonds. The molecule has 0 aliphatic carbocycles. The average molecular weight is 372 g/mol. The van der Waals surface area contributed by atoms with Crippen LogP contribution < -0.4 is 9.99 Å². The van der Waals surface area contributed by atoms with Gasteiger partial charge in [0, 0.05) is 4.90 Å². The SMILES string of the molecule is CSc1ccc(C=NNC(=O)CSc2[nH]c3ccccc3[n+]2C)cc1. The van der Waals surface area contributed by atoms with Crippen LogP contribution >= 0.6 is 23.5 Å². The van der Waals surface area contributed by atoms with Gasteiger partial charge in [0.25, 0.3) is 5.91 Å². The van der Waals surface area contributed by atoms with Crippen molar-refractivity contribution in [3.8, 4) is 0 Å². The zero-order valence-electron chi connectivity index (χ0n) is 14.0. The number of carbonyl (C=O) groups is 1. The normalized spacial score (nSPS) is 11.3. The maximum atomic E-state index is 12.0. The number of nitrogens with one attached hydrogen (secondary N) is 2. The lowest BCUT2D eigenvalue weighted by Gasteiger charge is -1.98. The van der Waals surface area contributed by atoms with Gasteiger partial charge in [-0.25, -0.2) is 15.0 Å². The van der Waals surface area contributed by atoms with E-state index in [1.165, 1.54) is 16.7 Å². The molecule has 0 bridgehead atoms. The molecular weight excluding hydrogens is 352 g/mol. The van der Waals surface area contributed by atoms with Crippen LogP contribution in [0.15, 0.2) is 63.7 Å². The summed E-state index contributed by atoms with van der Waals surface area (Å²) in [5.74, 6) is 0.157. The lowest BCUT2D eigenvalue weighted by molar-refractivity contribution is -0.683. The van der Waals surface area contributed by atoms with E-state index < -0.39 is 0 Å². The number of aryl methyl sites for hydroxylation is 1. The summed E-state index contributed by atoms with van der Waals surface area (Å²) < 4.78 is 2.05. The fourth-order valence-electron chi connectivity index (χ4n) is 2.35. The predicted molar refractivity (Wildman–Crippen MR) is 104 cm³/mol. The second kappa shape index (κ2) is 8.22. The molecule has 0 unspecified atom stereocenters. The number of aromatic amines is 1. The molecule has 7 heteroatoms. The highest BCUT2D eigenvalue weighted by molar-refractivity contribution is 7.99. The molecule has 3 rings (SSSR count). The first kappa shape index (κ1) is 17.6. The molecule has 0 saturated heterocycles. The minimum absolute atomic E-state index is 0.138. The Morgan fingerprint density at radius 3 is 2.72 bits per heavy atom. The molecule has 2 aromatic carbocycles. The molecule has 0 atom stereocenters. The number of hydrogen-bond donors (Lipinski definition) is 2. The summed E-state index contributed by atoms with van der Waals surface area (Å²) in [7, 11) is 1.98. The lowest BCUT2D eigenvalue weighted by Crippen LogP contribution is -2.30.